The largest absolute Gasteiger partial charge is 0.497 e. The summed E-state index contributed by atoms with van der Waals surface area (Å²) in [5, 5.41) is 0.594. The third-order valence-corrected chi connectivity index (χ3v) is 4.18. The van der Waals surface area contributed by atoms with Crippen LogP contribution >= 0.6 is 11.6 Å². The summed E-state index contributed by atoms with van der Waals surface area (Å²) < 4.78 is 5.31. The van der Waals surface area contributed by atoms with Gasteiger partial charge in [0.25, 0.3) is 0 Å². The van der Waals surface area contributed by atoms with Gasteiger partial charge in [0.05, 0.1) is 29.2 Å². The molecule has 0 saturated carbocycles. The van der Waals surface area contributed by atoms with Crippen LogP contribution in [-0.4, -0.2) is 25.1 Å². The molecule has 0 spiro atoms. The molecule has 0 fully saturated rings. The molecule has 0 radical (unpaired) electrons. The predicted octanol–water partition coefficient (Wildman–Crippen LogP) is 5.02. The van der Waals surface area contributed by atoms with Gasteiger partial charge in [-0.25, -0.2) is 4.99 Å². The topological polar surface area (TPSA) is 72.9 Å². The zero-order valence-corrected chi connectivity index (χ0v) is 14.9. The van der Waals surface area contributed by atoms with Crippen LogP contribution in [0.1, 0.15) is 0 Å². The van der Waals surface area contributed by atoms with Crippen LogP contribution in [0.4, 0.5) is 11.4 Å². The van der Waals surface area contributed by atoms with Gasteiger partial charge in [-0.1, -0.05) is 23.7 Å². The molecule has 6 heteroatoms. The fourth-order valence-corrected chi connectivity index (χ4v) is 2.82. The van der Waals surface area contributed by atoms with Gasteiger partial charge >= 0.3 is 0 Å². The Morgan fingerprint density at radius 2 is 2.00 bits per heavy atom. The van der Waals surface area contributed by atoms with E-state index in [-0.39, 0.29) is 0 Å². The summed E-state index contributed by atoms with van der Waals surface area (Å²) in [7, 11) is 1.62. The van der Waals surface area contributed by atoms with E-state index in [0.717, 1.165) is 22.4 Å². The summed E-state index contributed by atoms with van der Waals surface area (Å²) in [5.74, 6) is 0.710. The van der Waals surface area contributed by atoms with Gasteiger partial charge in [0.1, 0.15) is 12.1 Å². The maximum Gasteiger partial charge on any atom is 0.119 e. The van der Waals surface area contributed by atoms with Crippen molar-refractivity contribution in [3.63, 3.8) is 0 Å². The number of ether oxygens (including phenoxy) is 1. The maximum atomic E-state index is 6.41. The van der Waals surface area contributed by atoms with Crippen LogP contribution in [-0.2, 0) is 0 Å². The molecule has 0 aliphatic rings. The minimum Gasteiger partial charge on any atom is -0.497 e. The van der Waals surface area contributed by atoms with E-state index in [1.165, 1.54) is 6.34 Å². The van der Waals surface area contributed by atoms with Gasteiger partial charge in [0.2, 0.25) is 0 Å². The molecule has 5 nitrogen and oxygen atoms in total. The average Bonchev–Trinajstić information content (AvgIpc) is 2.67. The van der Waals surface area contributed by atoms with Crippen molar-refractivity contribution in [1.29, 1.82) is 0 Å². The van der Waals surface area contributed by atoms with Crippen molar-refractivity contribution in [1.82, 2.24) is 4.98 Å². The normalized spacial score (nSPS) is 10.8. The van der Waals surface area contributed by atoms with E-state index < -0.39 is 0 Å². The number of hydrogen-bond acceptors (Lipinski definition) is 4. The second-order valence-corrected chi connectivity index (χ2v) is 5.85. The molecule has 3 aromatic rings. The van der Waals surface area contributed by atoms with E-state index in [4.69, 9.17) is 22.1 Å². The summed E-state index contributed by atoms with van der Waals surface area (Å²) in [6.07, 6.45) is 3.09. The number of hydrogen-bond donors (Lipinski definition) is 1. The number of pyridine rings is 1. The fourth-order valence-electron chi connectivity index (χ4n) is 2.61. The first-order valence-corrected chi connectivity index (χ1v) is 8.19. The first-order valence-electron chi connectivity index (χ1n) is 7.81. The van der Waals surface area contributed by atoms with E-state index >= 15 is 0 Å². The number of nitrogens with zero attached hydrogens (tertiary/aromatic N) is 3. The van der Waals surface area contributed by atoms with Crippen molar-refractivity contribution in [2.24, 2.45) is 9.98 Å². The van der Waals surface area contributed by atoms with Crippen molar-refractivity contribution in [3.05, 3.63) is 59.8 Å². The molecule has 0 atom stereocenters. The highest BCUT2D eigenvalue weighted by atomic mass is 35.5. The van der Waals surface area contributed by atoms with Gasteiger partial charge in [0, 0.05) is 17.3 Å². The molecule has 26 heavy (non-hydrogen) atoms. The lowest BCUT2D eigenvalue weighted by Gasteiger charge is -2.12. The number of nitrogens with two attached hydrogens (primary N) is 1. The number of nitrogen functional groups attached to an aromatic ring is 1. The first-order chi connectivity index (χ1) is 12.6. The molecular formula is C20H17ClN4O. The molecule has 1 aromatic heterocycles. The molecule has 0 bridgehead atoms. The SMILES string of the molecule is C=NC=Nc1ccc(-c2cccnc2-c2cc(OC)ccc2Cl)cc1N. The molecule has 1 heterocycles. The monoisotopic (exact) mass is 364 g/mol. The molecule has 0 aliphatic heterocycles. The Labute approximate surface area is 156 Å². The average molecular weight is 365 g/mol. The summed E-state index contributed by atoms with van der Waals surface area (Å²) in [6, 6.07) is 14.9. The summed E-state index contributed by atoms with van der Waals surface area (Å²) in [5.41, 5.74) is 10.6. The fraction of sp³-hybridized carbons (Fsp3) is 0.0500. The Morgan fingerprint density at radius 3 is 2.73 bits per heavy atom. The van der Waals surface area contributed by atoms with Crippen LogP contribution in [0.2, 0.25) is 5.02 Å². The van der Waals surface area contributed by atoms with Crippen molar-refractivity contribution in [2.45, 2.75) is 0 Å². The van der Waals surface area contributed by atoms with Crippen LogP contribution in [0.25, 0.3) is 22.4 Å². The Hall–Kier alpha value is -3.18. The van der Waals surface area contributed by atoms with Crippen LogP contribution in [0.5, 0.6) is 5.75 Å². The second kappa shape index (κ2) is 7.80. The van der Waals surface area contributed by atoms with Crippen molar-refractivity contribution in [3.8, 4) is 28.1 Å². The number of anilines is 1. The minimum atomic E-state index is 0.536. The predicted molar refractivity (Wildman–Crippen MR) is 109 cm³/mol. The van der Waals surface area contributed by atoms with Gasteiger partial charge in [-0.3, -0.25) is 9.98 Å². The number of halogens is 1. The zero-order valence-electron chi connectivity index (χ0n) is 14.2. The summed E-state index contributed by atoms with van der Waals surface area (Å²) in [6.45, 7) is 3.37. The number of rotatable bonds is 5. The van der Waals surface area contributed by atoms with Gasteiger partial charge in [-0.05, 0) is 48.7 Å². The van der Waals surface area contributed by atoms with Gasteiger partial charge in [-0.15, -0.1) is 0 Å². The van der Waals surface area contributed by atoms with Crippen molar-refractivity contribution < 1.29 is 4.74 Å². The van der Waals surface area contributed by atoms with Gasteiger partial charge in [-0.2, -0.15) is 0 Å². The highest BCUT2D eigenvalue weighted by Gasteiger charge is 2.13. The molecule has 0 aliphatic carbocycles. The van der Waals surface area contributed by atoms with Gasteiger partial charge in [0.15, 0.2) is 0 Å². The molecule has 2 N–H and O–H groups in total. The number of aliphatic imine (C=N–C) groups is 2. The zero-order chi connectivity index (χ0) is 18.5. The standard InChI is InChI=1S/C20H17ClN4O/c1-23-12-25-19-8-5-13(10-18(19)22)15-4-3-9-24-20(15)16-11-14(26-2)6-7-17(16)21/h3-12H,1,22H2,2H3. The van der Waals surface area contributed by atoms with Gasteiger partial charge < -0.3 is 10.5 Å². The van der Waals surface area contributed by atoms with E-state index in [0.29, 0.717) is 22.1 Å². The van der Waals surface area contributed by atoms with E-state index in [2.05, 4.69) is 21.7 Å². The second-order valence-electron chi connectivity index (χ2n) is 5.45. The lowest BCUT2D eigenvalue weighted by molar-refractivity contribution is 0.415. The molecule has 130 valence electrons. The van der Waals surface area contributed by atoms with E-state index in [1.54, 1.807) is 19.4 Å². The maximum absolute atomic E-state index is 6.41. The minimum absolute atomic E-state index is 0.536. The number of aromatic nitrogens is 1. The third kappa shape index (κ3) is 3.58. The Morgan fingerprint density at radius 1 is 1.15 bits per heavy atom. The highest BCUT2D eigenvalue weighted by Crippen LogP contribution is 2.38. The summed E-state index contributed by atoms with van der Waals surface area (Å²) in [4.78, 5) is 12.3. The van der Waals surface area contributed by atoms with Crippen LogP contribution in [0, 0.1) is 0 Å². The van der Waals surface area contributed by atoms with Crippen molar-refractivity contribution in [2.75, 3.05) is 12.8 Å². The highest BCUT2D eigenvalue weighted by molar-refractivity contribution is 6.33. The van der Waals surface area contributed by atoms with Crippen LogP contribution in [0.3, 0.4) is 0 Å². The Bertz CT molecular complexity index is 985. The molecule has 3 rings (SSSR count). The number of methoxy groups -OCH3 is 1. The molecule has 2 aromatic carbocycles. The number of benzene rings is 2. The van der Waals surface area contributed by atoms with E-state index in [1.807, 2.05) is 42.5 Å². The first kappa shape index (κ1) is 17.6. The molecule has 0 amide bonds. The smallest absolute Gasteiger partial charge is 0.119 e. The Balaban J connectivity index is 2.13. The molecule has 0 saturated heterocycles. The van der Waals surface area contributed by atoms with Crippen LogP contribution < -0.4 is 10.5 Å². The lowest BCUT2D eigenvalue weighted by atomic mass is 9.98. The quantitative estimate of drug-likeness (QED) is 0.392. The lowest BCUT2D eigenvalue weighted by Crippen LogP contribution is -1.93. The Kier molecular flexibility index (Phi) is 5.29. The molecular weight excluding hydrogens is 348 g/mol. The summed E-state index contributed by atoms with van der Waals surface area (Å²) >= 11 is 6.41. The third-order valence-electron chi connectivity index (χ3n) is 3.85. The van der Waals surface area contributed by atoms with Crippen molar-refractivity contribution >= 4 is 36.0 Å². The van der Waals surface area contributed by atoms with Crippen LogP contribution in [0.15, 0.2) is 64.7 Å². The molecule has 0 unspecified atom stereocenters. The van der Waals surface area contributed by atoms with E-state index in [9.17, 15) is 0 Å².